The van der Waals surface area contributed by atoms with Gasteiger partial charge in [0.05, 0.1) is 11.2 Å². The van der Waals surface area contributed by atoms with Gasteiger partial charge in [-0.1, -0.05) is 19.3 Å². The number of nitrogens with one attached hydrogen (secondary N) is 2. The number of rotatable bonds is 5. The molecular weight excluding hydrogens is 318 g/mol. The second kappa shape index (κ2) is 7.56. The Hall–Kier alpha value is -1.89. The summed E-state index contributed by atoms with van der Waals surface area (Å²) in [4.78, 5) is 20.5. The van der Waals surface area contributed by atoms with Crippen LogP contribution in [0.1, 0.15) is 75.1 Å². The molecule has 0 aliphatic heterocycles. The van der Waals surface area contributed by atoms with E-state index in [9.17, 15) is 9.90 Å². The Morgan fingerprint density at radius 2 is 1.80 bits per heavy atom. The highest BCUT2D eigenvalue weighted by Crippen LogP contribution is 2.30. The van der Waals surface area contributed by atoms with E-state index in [4.69, 9.17) is 5.73 Å². The van der Waals surface area contributed by atoms with Crippen LogP contribution in [0.4, 0.5) is 11.8 Å². The lowest BCUT2D eigenvalue weighted by molar-refractivity contribution is 0.0196. The van der Waals surface area contributed by atoms with E-state index in [0.717, 1.165) is 38.5 Å². The molecule has 2 fully saturated rings. The van der Waals surface area contributed by atoms with Gasteiger partial charge in [-0.2, -0.15) is 4.98 Å². The summed E-state index contributed by atoms with van der Waals surface area (Å²) in [6.45, 7) is 1.87. The lowest BCUT2D eigenvalue weighted by Gasteiger charge is -2.33. The molecule has 1 aromatic rings. The van der Waals surface area contributed by atoms with Gasteiger partial charge in [-0.15, -0.1) is 0 Å². The molecule has 25 heavy (non-hydrogen) atoms. The minimum absolute atomic E-state index is 0.177. The second-order valence-electron chi connectivity index (χ2n) is 7.71. The Morgan fingerprint density at radius 1 is 1.16 bits per heavy atom. The molecule has 0 bridgehead atoms. The molecule has 0 atom stereocenters. The van der Waals surface area contributed by atoms with Gasteiger partial charge in [-0.25, -0.2) is 4.98 Å². The third-order valence-corrected chi connectivity index (χ3v) is 5.40. The molecule has 0 unspecified atom stereocenters. The van der Waals surface area contributed by atoms with E-state index in [1.807, 2.05) is 6.92 Å². The SMILES string of the molecule is CC1(O)CCC(Nc2nc(NC3CCCCC3)ncc2C(N)=O)CC1. The molecule has 7 nitrogen and oxygen atoms in total. The zero-order chi connectivity index (χ0) is 17.9. The Bertz CT molecular complexity index is 603. The van der Waals surface area contributed by atoms with Gasteiger partial charge in [0.1, 0.15) is 5.82 Å². The first-order chi connectivity index (χ1) is 11.9. The van der Waals surface area contributed by atoms with Crippen LogP contribution >= 0.6 is 0 Å². The molecule has 0 saturated heterocycles. The van der Waals surface area contributed by atoms with Crippen molar-refractivity contribution in [2.24, 2.45) is 5.73 Å². The van der Waals surface area contributed by atoms with Crippen LogP contribution in [0.2, 0.25) is 0 Å². The lowest BCUT2D eigenvalue weighted by atomic mass is 9.83. The van der Waals surface area contributed by atoms with E-state index >= 15 is 0 Å². The number of amides is 1. The standard InChI is InChI=1S/C18H29N5O2/c1-18(25)9-7-13(8-10-18)21-16-14(15(19)24)11-20-17(23-16)22-12-5-3-2-4-6-12/h11-13,25H,2-10H2,1H3,(H2,19,24)(H2,20,21,22,23). The van der Waals surface area contributed by atoms with Crippen LogP contribution in [0.25, 0.3) is 0 Å². The zero-order valence-electron chi connectivity index (χ0n) is 14.9. The normalized spacial score (nSPS) is 27.7. The first-order valence-electron chi connectivity index (χ1n) is 9.35. The maximum Gasteiger partial charge on any atom is 0.254 e. The van der Waals surface area contributed by atoms with Gasteiger partial charge >= 0.3 is 0 Å². The monoisotopic (exact) mass is 347 g/mol. The van der Waals surface area contributed by atoms with Gasteiger partial charge in [-0.05, 0) is 45.4 Å². The van der Waals surface area contributed by atoms with Gasteiger partial charge in [-0.3, -0.25) is 4.79 Å². The van der Waals surface area contributed by atoms with Crippen LogP contribution < -0.4 is 16.4 Å². The highest BCUT2D eigenvalue weighted by molar-refractivity contribution is 5.97. The van der Waals surface area contributed by atoms with Gasteiger partial charge in [0.25, 0.3) is 5.91 Å². The molecule has 1 amide bonds. The molecule has 2 saturated carbocycles. The second-order valence-corrected chi connectivity index (χ2v) is 7.71. The Balaban J connectivity index is 1.71. The number of anilines is 2. The smallest absolute Gasteiger partial charge is 0.254 e. The average molecular weight is 347 g/mol. The summed E-state index contributed by atoms with van der Waals surface area (Å²) in [5.74, 6) is 0.504. The van der Waals surface area contributed by atoms with E-state index in [2.05, 4.69) is 20.6 Å². The predicted molar refractivity (Wildman–Crippen MR) is 97.5 cm³/mol. The molecule has 1 heterocycles. The van der Waals surface area contributed by atoms with Crippen molar-refractivity contribution < 1.29 is 9.90 Å². The number of primary amides is 1. The summed E-state index contributed by atoms with van der Waals surface area (Å²) in [7, 11) is 0. The van der Waals surface area contributed by atoms with Crippen molar-refractivity contribution in [2.75, 3.05) is 10.6 Å². The molecule has 138 valence electrons. The molecule has 0 aromatic carbocycles. The summed E-state index contributed by atoms with van der Waals surface area (Å²) in [5.41, 5.74) is 5.20. The van der Waals surface area contributed by atoms with Crippen LogP contribution in [0, 0.1) is 0 Å². The highest BCUT2D eigenvalue weighted by Gasteiger charge is 2.29. The molecule has 3 rings (SSSR count). The number of nitrogens with zero attached hydrogens (tertiary/aromatic N) is 2. The molecule has 0 spiro atoms. The molecule has 1 aromatic heterocycles. The number of aliphatic hydroxyl groups is 1. The zero-order valence-corrected chi connectivity index (χ0v) is 14.9. The average Bonchev–Trinajstić information content (AvgIpc) is 2.58. The predicted octanol–water partition coefficient (Wildman–Crippen LogP) is 2.43. The van der Waals surface area contributed by atoms with Crippen molar-refractivity contribution in [1.29, 1.82) is 0 Å². The van der Waals surface area contributed by atoms with Crippen molar-refractivity contribution in [3.63, 3.8) is 0 Å². The van der Waals surface area contributed by atoms with Gasteiger partial charge in [0, 0.05) is 18.3 Å². The Labute approximate surface area is 148 Å². The van der Waals surface area contributed by atoms with E-state index in [1.165, 1.54) is 25.5 Å². The molecular formula is C18H29N5O2. The fourth-order valence-electron chi connectivity index (χ4n) is 3.75. The van der Waals surface area contributed by atoms with Gasteiger partial charge in [0.15, 0.2) is 0 Å². The fourth-order valence-corrected chi connectivity index (χ4v) is 3.75. The van der Waals surface area contributed by atoms with Crippen molar-refractivity contribution >= 4 is 17.7 Å². The topological polar surface area (TPSA) is 113 Å². The van der Waals surface area contributed by atoms with Crippen molar-refractivity contribution in [2.45, 2.75) is 82.4 Å². The number of hydrogen-bond donors (Lipinski definition) is 4. The molecule has 0 radical (unpaired) electrons. The number of carbonyl (C=O) groups excluding carboxylic acids is 1. The first-order valence-corrected chi connectivity index (χ1v) is 9.35. The Morgan fingerprint density at radius 3 is 2.44 bits per heavy atom. The fraction of sp³-hybridized carbons (Fsp3) is 0.722. The molecule has 5 N–H and O–H groups in total. The summed E-state index contributed by atoms with van der Waals surface area (Å²) >= 11 is 0. The van der Waals surface area contributed by atoms with Crippen molar-refractivity contribution in [3.05, 3.63) is 11.8 Å². The van der Waals surface area contributed by atoms with Gasteiger partial charge < -0.3 is 21.5 Å². The third-order valence-electron chi connectivity index (χ3n) is 5.40. The van der Waals surface area contributed by atoms with Crippen LogP contribution in [-0.4, -0.2) is 38.7 Å². The summed E-state index contributed by atoms with van der Waals surface area (Å²) in [5, 5.41) is 16.8. The first kappa shape index (κ1) is 17.9. The highest BCUT2D eigenvalue weighted by atomic mass is 16.3. The van der Waals surface area contributed by atoms with Crippen LogP contribution in [-0.2, 0) is 0 Å². The van der Waals surface area contributed by atoms with E-state index in [0.29, 0.717) is 23.4 Å². The summed E-state index contributed by atoms with van der Waals surface area (Å²) < 4.78 is 0. The van der Waals surface area contributed by atoms with Crippen LogP contribution in [0.15, 0.2) is 6.20 Å². The maximum absolute atomic E-state index is 11.7. The minimum atomic E-state index is -0.593. The quantitative estimate of drug-likeness (QED) is 0.650. The maximum atomic E-state index is 11.7. The van der Waals surface area contributed by atoms with Gasteiger partial charge in [0.2, 0.25) is 5.95 Å². The largest absolute Gasteiger partial charge is 0.390 e. The number of nitrogens with two attached hydrogens (primary N) is 1. The van der Waals surface area contributed by atoms with E-state index in [1.54, 1.807) is 0 Å². The van der Waals surface area contributed by atoms with Crippen molar-refractivity contribution in [3.8, 4) is 0 Å². The number of hydrogen-bond acceptors (Lipinski definition) is 6. The third kappa shape index (κ3) is 4.81. The molecule has 2 aliphatic carbocycles. The molecule has 2 aliphatic rings. The van der Waals surface area contributed by atoms with E-state index in [-0.39, 0.29) is 6.04 Å². The number of carbonyl (C=O) groups is 1. The van der Waals surface area contributed by atoms with Crippen LogP contribution in [0.5, 0.6) is 0 Å². The summed E-state index contributed by atoms with van der Waals surface area (Å²) in [6.07, 6.45) is 10.6. The summed E-state index contributed by atoms with van der Waals surface area (Å²) in [6, 6.07) is 0.571. The minimum Gasteiger partial charge on any atom is -0.390 e. The number of aromatic nitrogens is 2. The van der Waals surface area contributed by atoms with Crippen molar-refractivity contribution in [1.82, 2.24) is 9.97 Å². The van der Waals surface area contributed by atoms with Crippen LogP contribution in [0.3, 0.4) is 0 Å². The lowest BCUT2D eigenvalue weighted by Crippen LogP contribution is -2.36. The van der Waals surface area contributed by atoms with E-state index < -0.39 is 11.5 Å². The Kier molecular flexibility index (Phi) is 5.42. The molecule has 7 heteroatoms.